The molecule has 0 saturated carbocycles. The molecule has 0 atom stereocenters. The highest BCUT2D eigenvalue weighted by Crippen LogP contribution is 2.31. The van der Waals surface area contributed by atoms with Crippen molar-refractivity contribution in [1.82, 2.24) is 19.6 Å². The highest BCUT2D eigenvalue weighted by molar-refractivity contribution is 6.42. The normalized spacial score (nSPS) is 10.9. The third-order valence-corrected chi connectivity index (χ3v) is 5.84. The van der Waals surface area contributed by atoms with Gasteiger partial charge in [0.1, 0.15) is 16.6 Å². The molecule has 1 N–H and O–H groups in total. The van der Waals surface area contributed by atoms with Gasteiger partial charge in [-0.3, -0.25) is 9.48 Å². The first kappa shape index (κ1) is 22.8. The summed E-state index contributed by atoms with van der Waals surface area (Å²) in [5.41, 5.74) is 2.61. The second kappa shape index (κ2) is 9.64. The third kappa shape index (κ3) is 5.02. The van der Waals surface area contributed by atoms with Crippen LogP contribution >= 0.6 is 23.2 Å². The lowest BCUT2D eigenvalue weighted by molar-refractivity contribution is 0.102. The predicted octanol–water partition coefficient (Wildman–Crippen LogP) is 5.48. The van der Waals surface area contributed by atoms with Crippen molar-refractivity contribution in [1.29, 1.82) is 0 Å². The summed E-state index contributed by atoms with van der Waals surface area (Å²) in [6, 6.07) is 13.2. The van der Waals surface area contributed by atoms with Crippen LogP contribution in [-0.4, -0.2) is 25.5 Å². The number of carbonyl (C=O) groups excluding carboxylic acids is 1. The van der Waals surface area contributed by atoms with Gasteiger partial charge in [-0.2, -0.15) is 10.2 Å². The molecule has 1 amide bonds. The zero-order chi connectivity index (χ0) is 23.5. The molecule has 4 rings (SSSR count). The number of nitrogens with zero attached hydrogens (tertiary/aromatic N) is 4. The van der Waals surface area contributed by atoms with Crippen molar-refractivity contribution in [3.63, 3.8) is 0 Å². The standard InChI is InChI=1S/C23H20Cl2FN5O2/c1-14-22(15(2)31(28-14)12-16-6-3-4-8-18(16)26)27-23(32)19-10-11-30(29-19)13-33-20-9-5-7-17(24)21(20)25/h3-11H,12-13H2,1-2H3,(H,27,32). The topological polar surface area (TPSA) is 74.0 Å². The van der Waals surface area contributed by atoms with E-state index in [0.29, 0.717) is 38.4 Å². The van der Waals surface area contributed by atoms with Gasteiger partial charge >= 0.3 is 0 Å². The quantitative estimate of drug-likeness (QED) is 0.374. The minimum absolute atomic E-state index is 0.0476. The number of anilines is 1. The number of nitrogens with one attached hydrogen (secondary N) is 1. The van der Waals surface area contributed by atoms with Crippen LogP contribution < -0.4 is 10.1 Å². The summed E-state index contributed by atoms with van der Waals surface area (Å²) in [6.07, 6.45) is 1.62. The maximum absolute atomic E-state index is 14.0. The molecule has 33 heavy (non-hydrogen) atoms. The predicted molar refractivity (Wildman–Crippen MR) is 124 cm³/mol. The van der Waals surface area contributed by atoms with Crippen LogP contribution in [0.3, 0.4) is 0 Å². The lowest BCUT2D eigenvalue weighted by atomic mass is 10.2. The zero-order valence-corrected chi connectivity index (χ0v) is 19.4. The van der Waals surface area contributed by atoms with Crippen molar-refractivity contribution < 1.29 is 13.9 Å². The molecule has 7 nitrogen and oxygen atoms in total. The van der Waals surface area contributed by atoms with Crippen LogP contribution in [0, 0.1) is 19.7 Å². The molecule has 0 unspecified atom stereocenters. The van der Waals surface area contributed by atoms with Crippen molar-refractivity contribution in [3.05, 3.63) is 93.2 Å². The fourth-order valence-electron chi connectivity index (χ4n) is 3.28. The molecule has 0 saturated heterocycles. The number of hydrogen-bond acceptors (Lipinski definition) is 4. The lowest BCUT2D eigenvalue weighted by Crippen LogP contribution is -2.15. The fourth-order valence-corrected chi connectivity index (χ4v) is 3.63. The van der Waals surface area contributed by atoms with Gasteiger partial charge in [0, 0.05) is 11.8 Å². The Morgan fingerprint density at radius 1 is 1.09 bits per heavy atom. The summed E-state index contributed by atoms with van der Waals surface area (Å²) in [5.74, 6) is -0.284. The van der Waals surface area contributed by atoms with Crippen LogP contribution in [0.15, 0.2) is 54.7 Å². The monoisotopic (exact) mass is 487 g/mol. The van der Waals surface area contributed by atoms with Gasteiger partial charge in [-0.05, 0) is 38.1 Å². The molecule has 2 heterocycles. The van der Waals surface area contributed by atoms with E-state index in [2.05, 4.69) is 15.5 Å². The van der Waals surface area contributed by atoms with Crippen LogP contribution in [0.4, 0.5) is 10.1 Å². The van der Waals surface area contributed by atoms with E-state index in [-0.39, 0.29) is 24.8 Å². The number of benzene rings is 2. The molecule has 0 spiro atoms. The molecule has 170 valence electrons. The van der Waals surface area contributed by atoms with Gasteiger partial charge in [0.15, 0.2) is 12.4 Å². The Hall–Kier alpha value is -3.36. The van der Waals surface area contributed by atoms with E-state index in [0.717, 1.165) is 0 Å². The fraction of sp³-hybridized carbons (Fsp3) is 0.174. The molecule has 0 radical (unpaired) electrons. The van der Waals surface area contributed by atoms with Gasteiger partial charge in [0.2, 0.25) is 0 Å². The van der Waals surface area contributed by atoms with Gasteiger partial charge in [0.05, 0.1) is 28.6 Å². The molecule has 10 heteroatoms. The summed E-state index contributed by atoms with van der Waals surface area (Å²) in [7, 11) is 0. The average molecular weight is 488 g/mol. The highest BCUT2D eigenvalue weighted by atomic mass is 35.5. The minimum atomic E-state index is -0.397. The van der Waals surface area contributed by atoms with E-state index in [4.69, 9.17) is 27.9 Å². The third-order valence-electron chi connectivity index (χ3n) is 5.04. The van der Waals surface area contributed by atoms with E-state index >= 15 is 0 Å². The summed E-state index contributed by atoms with van der Waals surface area (Å²) in [6.45, 7) is 3.90. The maximum Gasteiger partial charge on any atom is 0.276 e. The number of aryl methyl sites for hydroxylation is 1. The largest absolute Gasteiger partial charge is 0.470 e. The second-order valence-electron chi connectivity index (χ2n) is 7.31. The van der Waals surface area contributed by atoms with Crippen molar-refractivity contribution in [2.45, 2.75) is 27.1 Å². The van der Waals surface area contributed by atoms with Gasteiger partial charge in [-0.25, -0.2) is 9.07 Å². The molecule has 0 fully saturated rings. The smallest absolute Gasteiger partial charge is 0.276 e. The summed E-state index contributed by atoms with van der Waals surface area (Å²) in [5, 5.41) is 12.2. The van der Waals surface area contributed by atoms with E-state index < -0.39 is 5.91 Å². The van der Waals surface area contributed by atoms with E-state index in [9.17, 15) is 9.18 Å². The average Bonchev–Trinajstić information content (AvgIpc) is 3.37. The van der Waals surface area contributed by atoms with Crippen LogP contribution in [-0.2, 0) is 13.3 Å². The molecule has 0 aliphatic heterocycles. The molecular formula is C23H20Cl2FN5O2. The summed E-state index contributed by atoms with van der Waals surface area (Å²) < 4.78 is 22.8. The molecule has 4 aromatic rings. The van der Waals surface area contributed by atoms with Crippen LogP contribution in [0.5, 0.6) is 5.75 Å². The molecule has 0 bridgehead atoms. The number of carbonyl (C=O) groups is 1. The van der Waals surface area contributed by atoms with Gasteiger partial charge < -0.3 is 10.1 Å². The number of aromatic nitrogens is 4. The Kier molecular flexibility index (Phi) is 6.67. The van der Waals surface area contributed by atoms with E-state index in [1.807, 2.05) is 6.92 Å². The first-order valence-corrected chi connectivity index (χ1v) is 10.8. The maximum atomic E-state index is 14.0. The van der Waals surface area contributed by atoms with Crippen LogP contribution in [0.25, 0.3) is 0 Å². The van der Waals surface area contributed by atoms with Crippen molar-refractivity contribution in [3.8, 4) is 5.75 Å². The van der Waals surface area contributed by atoms with Gasteiger partial charge in [-0.15, -0.1) is 0 Å². The lowest BCUT2D eigenvalue weighted by Gasteiger charge is -2.09. The zero-order valence-electron chi connectivity index (χ0n) is 17.8. The molecule has 2 aromatic carbocycles. The Morgan fingerprint density at radius 2 is 1.88 bits per heavy atom. The van der Waals surface area contributed by atoms with Crippen LogP contribution in [0.1, 0.15) is 27.4 Å². The molecule has 0 aliphatic rings. The Bertz CT molecular complexity index is 1320. The minimum Gasteiger partial charge on any atom is -0.470 e. The SMILES string of the molecule is Cc1nn(Cc2ccccc2F)c(C)c1NC(=O)c1ccn(COc2cccc(Cl)c2Cl)n1. The van der Waals surface area contributed by atoms with Crippen molar-refractivity contribution >= 4 is 34.8 Å². The van der Waals surface area contributed by atoms with Gasteiger partial charge in [-0.1, -0.05) is 47.5 Å². The summed E-state index contributed by atoms with van der Waals surface area (Å²) in [4.78, 5) is 12.8. The van der Waals surface area contributed by atoms with Crippen molar-refractivity contribution in [2.24, 2.45) is 0 Å². The number of amides is 1. The first-order chi connectivity index (χ1) is 15.8. The summed E-state index contributed by atoms with van der Waals surface area (Å²) >= 11 is 12.1. The van der Waals surface area contributed by atoms with Crippen LogP contribution in [0.2, 0.25) is 10.0 Å². The first-order valence-electron chi connectivity index (χ1n) is 10.0. The number of hydrogen-bond donors (Lipinski definition) is 1. The molecule has 0 aliphatic carbocycles. The Labute approximate surface area is 199 Å². The molecular weight excluding hydrogens is 468 g/mol. The number of halogens is 3. The molecule has 2 aromatic heterocycles. The highest BCUT2D eigenvalue weighted by Gasteiger charge is 2.18. The van der Waals surface area contributed by atoms with E-state index in [1.54, 1.807) is 60.3 Å². The Balaban J connectivity index is 1.44. The number of rotatable bonds is 7. The number of ether oxygens (including phenoxy) is 1. The Morgan fingerprint density at radius 3 is 2.67 bits per heavy atom. The van der Waals surface area contributed by atoms with Crippen molar-refractivity contribution in [2.75, 3.05) is 5.32 Å². The van der Waals surface area contributed by atoms with E-state index in [1.165, 1.54) is 10.7 Å². The second-order valence-corrected chi connectivity index (χ2v) is 8.10. The van der Waals surface area contributed by atoms with Gasteiger partial charge in [0.25, 0.3) is 5.91 Å².